The van der Waals surface area contributed by atoms with E-state index in [0.717, 1.165) is 22.5 Å². The van der Waals surface area contributed by atoms with Crippen LogP contribution < -0.4 is 4.90 Å². The van der Waals surface area contributed by atoms with Gasteiger partial charge in [0, 0.05) is 16.3 Å². The third-order valence-corrected chi connectivity index (χ3v) is 3.05. The molecule has 1 aromatic carbocycles. The lowest BCUT2D eigenvalue weighted by Gasteiger charge is -2.36. The van der Waals surface area contributed by atoms with Crippen LogP contribution in [0.5, 0.6) is 0 Å². The molecule has 1 aliphatic heterocycles. The quantitative estimate of drug-likeness (QED) is 0.777. The van der Waals surface area contributed by atoms with Crippen LogP contribution in [0.1, 0.15) is 0 Å². The average Bonchev–Trinajstić information content (AvgIpc) is 1.98. The van der Waals surface area contributed by atoms with Crippen molar-refractivity contribution in [3.05, 3.63) is 27.6 Å². The second kappa shape index (κ2) is 4.02. The molecule has 76 valence electrons. The molecule has 0 N–H and O–H groups in total. The van der Waals surface area contributed by atoms with E-state index in [2.05, 4.69) is 27.5 Å². The summed E-state index contributed by atoms with van der Waals surface area (Å²) >= 11 is 2.12. The zero-order chi connectivity index (χ0) is 10.1. The number of hydrogen-bond acceptors (Lipinski definition) is 2. The van der Waals surface area contributed by atoms with Crippen molar-refractivity contribution in [1.82, 2.24) is 0 Å². The number of halogens is 2. The predicted octanol–water partition coefficient (Wildman–Crippen LogP) is 2.27. The molecule has 14 heavy (non-hydrogen) atoms. The van der Waals surface area contributed by atoms with Crippen LogP contribution in [-0.2, 0) is 4.74 Å². The Hall–Kier alpha value is -0.360. The smallest absolute Gasteiger partial charge is 0.126 e. The molecule has 1 fully saturated rings. The van der Waals surface area contributed by atoms with Crippen molar-refractivity contribution in [2.24, 2.45) is 0 Å². The van der Waals surface area contributed by atoms with Crippen LogP contribution >= 0.6 is 22.6 Å². The minimum Gasteiger partial charge on any atom is -0.377 e. The molecular formula is C10H11FINO. The molecule has 1 aliphatic rings. The normalized spacial score (nSPS) is 16.5. The van der Waals surface area contributed by atoms with Crippen molar-refractivity contribution in [2.75, 3.05) is 25.2 Å². The molecule has 1 saturated heterocycles. The van der Waals surface area contributed by atoms with Gasteiger partial charge in [0.15, 0.2) is 0 Å². The van der Waals surface area contributed by atoms with Crippen molar-refractivity contribution in [3.63, 3.8) is 0 Å². The van der Waals surface area contributed by atoms with Gasteiger partial charge in [-0.1, -0.05) is 0 Å². The van der Waals surface area contributed by atoms with Crippen molar-refractivity contribution >= 4 is 28.3 Å². The van der Waals surface area contributed by atoms with Gasteiger partial charge in [-0.3, -0.25) is 0 Å². The monoisotopic (exact) mass is 307 g/mol. The largest absolute Gasteiger partial charge is 0.377 e. The molecule has 2 nitrogen and oxygen atoms in total. The summed E-state index contributed by atoms with van der Waals surface area (Å²) in [4.78, 5) is 2.06. The first-order chi connectivity index (χ1) is 6.66. The molecule has 2 rings (SSSR count). The van der Waals surface area contributed by atoms with Crippen molar-refractivity contribution in [3.8, 4) is 0 Å². The highest BCUT2D eigenvalue weighted by atomic mass is 127. The lowest BCUT2D eigenvalue weighted by molar-refractivity contribution is 0.0101. The highest BCUT2D eigenvalue weighted by Gasteiger charge is 2.23. The van der Waals surface area contributed by atoms with E-state index in [0.29, 0.717) is 6.04 Å². The van der Waals surface area contributed by atoms with Crippen LogP contribution in [0.15, 0.2) is 18.2 Å². The van der Waals surface area contributed by atoms with Crippen LogP contribution in [0.3, 0.4) is 0 Å². The van der Waals surface area contributed by atoms with Gasteiger partial charge in [0.05, 0.1) is 19.3 Å². The summed E-state index contributed by atoms with van der Waals surface area (Å²) in [6, 6.07) is 5.45. The summed E-state index contributed by atoms with van der Waals surface area (Å²) in [7, 11) is 1.97. The van der Waals surface area contributed by atoms with Crippen molar-refractivity contribution in [1.29, 1.82) is 0 Å². The second-order valence-corrected chi connectivity index (χ2v) is 4.68. The number of likely N-dealkylation sites (N-methyl/N-ethyl adjacent to an activating group) is 1. The maximum absolute atomic E-state index is 13.1. The fourth-order valence-electron chi connectivity index (χ4n) is 1.40. The third-order valence-electron chi connectivity index (χ3n) is 2.42. The maximum atomic E-state index is 13.1. The van der Waals surface area contributed by atoms with Crippen LogP contribution in [-0.4, -0.2) is 26.3 Å². The molecule has 0 radical (unpaired) electrons. The molecule has 0 aliphatic carbocycles. The average molecular weight is 307 g/mol. The van der Waals surface area contributed by atoms with Crippen LogP contribution in [0, 0.1) is 9.39 Å². The topological polar surface area (TPSA) is 12.5 Å². The van der Waals surface area contributed by atoms with E-state index in [1.807, 2.05) is 13.1 Å². The molecule has 0 spiro atoms. The minimum atomic E-state index is -0.181. The fourth-order valence-corrected chi connectivity index (χ4v) is 2.02. The molecule has 1 aromatic rings. The van der Waals surface area contributed by atoms with E-state index in [1.165, 1.54) is 6.07 Å². The molecular weight excluding hydrogens is 296 g/mol. The summed E-state index contributed by atoms with van der Waals surface area (Å²) in [5.41, 5.74) is 0.919. The van der Waals surface area contributed by atoms with Gasteiger partial charge in [-0.15, -0.1) is 0 Å². The zero-order valence-corrected chi connectivity index (χ0v) is 9.99. The SMILES string of the molecule is CN(c1cc(F)cc(I)c1)C1COC1. The second-order valence-electron chi connectivity index (χ2n) is 3.43. The Labute approximate surface area is 96.2 Å². The number of ether oxygens (including phenoxy) is 1. The van der Waals surface area contributed by atoms with Gasteiger partial charge in [0.1, 0.15) is 5.82 Å². The Balaban J connectivity index is 2.21. The number of anilines is 1. The summed E-state index contributed by atoms with van der Waals surface area (Å²) in [5, 5.41) is 0. The number of nitrogens with zero attached hydrogens (tertiary/aromatic N) is 1. The molecule has 0 aromatic heterocycles. The highest BCUT2D eigenvalue weighted by Crippen LogP contribution is 2.22. The molecule has 0 amide bonds. The summed E-state index contributed by atoms with van der Waals surface area (Å²) in [6.45, 7) is 1.48. The molecule has 0 atom stereocenters. The van der Waals surface area contributed by atoms with E-state index in [-0.39, 0.29) is 5.82 Å². The summed E-state index contributed by atoms with van der Waals surface area (Å²) in [6.07, 6.45) is 0. The predicted molar refractivity (Wildman–Crippen MR) is 62.1 cm³/mol. The number of benzene rings is 1. The van der Waals surface area contributed by atoms with E-state index in [1.54, 1.807) is 6.07 Å². The first-order valence-electron chi connectivity index (χ1n) is 4.43. The molecule has 4 heteroatoms. The third kappa shape index (κ3) is 2.00. The van der Waals surface area contributed by atoms with E-state index in [9.17, 15) is 4.39 Å². The van der Waals surface area contributed by atoms with E-state index < -0.39 is 0 Å². The lowest BCUT2D eigenvalue weighted by atomic mass is 10.2. The first kappa shape index (κ1) is 10.2. The summed E-state index contributed by atoms with van der Waals surface area (Å²) < 4.78 is 19.1. The number of rotatable bonds is 2. The van der Waals surface area contributed by atoms with Gasteiger partial charge in [-0.25, -0.2) is 4.39 Å². The van der Waals surface area contributed by atoms with Gasteiger partial charge in [0.25, 0.3) is 0 Å². The fraction of sp³-hybridized carbons (Fsp3) is 0.400. The highest BCUT2D eigenvalue weighted by molar-refractivity contribution is 14.1. The Morgan fingerprint density at radius 2 is 2.14 bits per heavy atom. The molecule has 0 unspecified atom stereocenters. The molecule has 0 saturated carbocycles. The Kier molecular flexibility index (Phi) is 2.92. The minimum absolute atomic E-state index is 0.181. The Morgan fingerprint density at radius 1 is 1.43 bits per heavy atom. The Bertz CT molecular complexity index is 321. The van der Waals surface area contributed by atoms with Gasteiger partial charge in [-0.2, -0.15) is 0 Å². The lowest BCUT2D eigenvalue weighted by Crippen LogP contribution is -2.47. The van der Waals surface area contributed by atoms with Crippen molar-refractivity contribution in [2.45, 2.75) is 6.04 Å². The Morgan fingerprint density at radius 3 is 2.64 bits per heavy atom. The van der Waals surface area contributed by atoms with Gasteiger partial charge in [0.2, 0.25) is 0 Å². The molecule has 1 heterocycles. The van der Waals surface area contributed by atoms with E-state index in [4.69, 9.17) is 4.74 Å². The summed E-state index contributed by atoms with van der Waals surface area (Å²) in [5.74, 6) is -0.181. The van der Waals surface area contributed by atoms with E-state index >= 15 is 0 Å². The molecule has 0 bridgehead atoms. The van der Waals surface area contributed by atoms with Crippen LogP contribution in [0.2, 0.25) is 0 Å². The standard InChI is InChI=1S/C10H11FINO/c1-13(10-5-14-6-10)9-3-7(11)2-8(12)4-9/h2-4,10H,5-6H2,1H3. The number of hydrogen-bond donors (Lipinski definition) is 0. The zero-order valence-electron chi connectivity index (χ0n) is 7.84. The van der Waals surface area contributed by atoms with Crippen LogP contribution in [0.25, 0.3) is 0 Å². The van der Waals surface area contributed by atoms with Gasteiger partial charge >= 0.3 is 0 Å². The van der Waals surface area contributed by atoms with Gasteiger partial charge < -0.3 is 9.64 Å². The van der Waals surface area contributed by atoms with Crippen LogP contribution in [0.4, 0.5) is 10.1 Å². The van der Waals surface area contributed by atoms with Gasteiger partial charge in [-0.05, 0) is 40.8 Å². The first-order valence-corrected chi connectivity index (χ1v) is 5.51. The maximum Gasteiger partial charge on any atom is 0.126 e. The van der Waals surface area contributed by atoms with Crippen molar-refractivity contribution < 1.29 is 9.13 Å².